The molecular formula is C11H10O2. The van der Waals surface area contributed by atoms with Gasteiger partial charge in [0.1, 0.15) is 5.78 Å². The molecule has 0 saturated carbocycles. The summed E-state index contributed by atoms with van der Waals surface area (Å²) in [6.45, 7) is 1.48. The molecule has 0 aliphatic heterocycles. The summed E-state index contributed by atoms with van der Waals surface area (Å²) in [6, 6.07) is 7.44. The third kappa shape index (κ3) is 1.18. The molecule has 2 nitrogen and oxygen atoms in total. The Morgan fingerprint density at radius 3 is 2.69 bits per heavy atom. The number of carbonyl (C=O) groups is 2. The fourth-order valence-electron chi connectivity index (χ4n) is 1.77. The zero-order chi connectivity index (χ0) is 9.42. The van der Waals surface area contributed by atoms with Gasteiger partial charge in [-0.15, -0.1) is 0 Å². The van der Waals surface area contributed by atoms with Crippen LogP contribution in [0.2, 0.25) is 0 Å². The van der Waals surface area contributed by atoms with Crippen LogP contribution in [0.25, 0.3) is 0 Å². The average molecular weight is 174 g/mol. The lowest BCUT2D eigenvalue weighted by atomic mass is 10.0. The predicted octanol–water partition coefficient (Wildman–Crippen LogP) is 1.63. The van der Waals surface area contributed by atoms with Crippen molar-refractivity contribution in [1.82, 2.24) is 0 Å². The smallest absolute Gasteiger partial charge is 0.173 e. The lowest BCUT2D eigenvalue weighted by Gasteiger charge is -1.99. The van der Waals surface area contributed by atoms with Gasteiger partial charge in [-0.3, -0.25) is 9.59 Å². The summed E-state index contributed by atoms with van der Waals surface area (Å²) >= 11 is 0. The van der Waals surface area contributed by atoms with Gasteiger partial charge in [-0.25, -0.2) is 0 Å². The molecule has 1 aromatic carbocycles. The Balaban J connectivity index is 2.44. The van der Waals surface area contributed by atoms with E-state index in [-0.39, 0.29) is 11.6 Å². The van der Waals surface area contributed by atoms with Gasteiger partial charge in [0, 0.05) is 5.56 Å². The maximum atomic E-state index is 11.6. The van der Waals surface area contributed by atoms with Crippen LogP contribution < -0.4 is 0 Å². The lowest BCUT2D eigenvalue weighted by molar-refractivity contribution is -0.119. The van der Waals surface area contributed by atoms with Crippen LogP contribution in [-0.2, 0) is 11.2 Å². The van der Waals surface area contributed by atoms with Gasteiger partial charge < -0.3 is 0 Å². The molecule has 2 heteroatoms. The highest BCUT2D eigenvalue weighted by atomic mass is 16.1. The second-order valence-corrected chi connectivity index (χ2v) is 3.39. The number of carbonyl (C=O) groups excluding carboxylic acids is 2. The van der Waals surface area contributed by atoms with Gasteiger partial charge in [0.15, 0.2) is 5.78 Å². The molecule has 66 valence electrons. The molecule has 0 aromatic heterocycles. The number of Topliss-reactive ketones (excluding diaryl/α,β-unsaturated/α-hetero) is 2. The first-order valence-corrected chi connectivity index (χ1v) is 4.32. The van der Waals surface area contributed by atoms with E-state index in [1.54, 1.807) is 6.07 Å². The molecule has 1 aliphatic rings. The van der Waals surface area contributed by atoms with Gasteiger partial charge in [0.25, 0.3) is 0 Å². The van der Waals surface area contributed by atoms with Gasteiger partial charge in [0.05, 0.1) is 5.92 Å². The summed E-state index contributed by atoms with van der Waals surface area (Å²) in [5.41, 5.74) is 1.73. The molecule has 1 aromatic rings. The van der Waals surface area contributed by atoms with Crippen LogP contribution >= 0.6 is 0 Å². The van der Waals surface area contributed by atoms with Crippen molar-refractivity contribution in [1.29, 1.82) is 0 Å². The summed E-state index contributed by atoms with van der Waals surface area (Å²) in [7, 11) is 0. The lowest BCUT2D eigenvalue weighted by Crippen LogP contribution is -2.17. The van der Waals surface area contributed by atoms with Crippen molar-refractivity contribution in [2.75, 3.05) is 0 Å². The Hall–Kier alpha value is -1.44. The van der Waals surface area contributed by atoms with Gasteiger partial charge in [-0.05, 0) is 18.9 Å². The maximum absolute atomic E-state index is 11.6. The van der Waals surface area contributed by atoms with Crippen LogP contribution in [-0.4, -0.2) is 11.6 Å². The molecule has 0 bridgehead atoms. The summed E-state index contributed by atoms with van der Waals surface area (Å²) in [5, 5.41) is 0. The molecule has 1 atom stereocenters. The van der Waals surface area contributed by atoms with Crippen LogP contribution in [0.15, 0.2) is 24.3 Å². The van der Waals surface area contributed by atoms with E-state index in [1.165, 1.54) is 6.92 Å². The minimum Gasteiger partial charge on any atom is -0.299 e. The van der Waals surface area contributed by atoms with Crippen molar-refractivity contribution < 1.29 is 9.59 Å². The Morgan fingerprint density at radius 2 is 2.08 bits per heavy atom. The molecule has 0 saturated heterocycles. The quantitative estimate of drug-likeness (QED) is 0.606. The average Bonchev–Trinajstić information content (AvgIpc) is 2.45. The van der Waals surface area contributed by atoms with E-state index in [9.17, 15) is 9.59 Å². The van der Waals surface area contributed by atoms with E-state index in [2.05, 4.69) is 0 Å². The first-order valence-electron chi connectivity index (χ1n) is 4.32. The van der Waals surface area contributed by atoms with Crippen molar-refractivity contribution >= 4 is 11.6 Å². The zero-order valence-electron chi connectivity index (χ0n) is 7.41. The SMILES string of the molecule is CC(=O)[C@H]1Cc2ccccc2C1=O. The predicted molar refractivity (Wildman–Crippen MR) is 48.6 cm³/mol. The maximum Gasteiger partial charge on any atom is 0.173 e. The first kappa shape index (κ1) is 8.17. The molecule has 0 heterocycles. The van der Waals surface area contributed by atoms with Crippen molar-refractivity contribution in [2.45, 2.75) is 13.3 Å². The fourth-order valence-corrected chi connectivity index (χ4v) is 1.77. The van der Waals surface area contributed by atoms with Crippen LogP contribution in [0, 0.1) is 5.92 Å². The molecule has 0 amide bonds. The largest absolute Gasteiger partial charge is 0.299 e. The van der Waals surface area contributed by atoms with Crippen molar-refractivity contribution in [3.63, 3.8) is 0 Å². The number of hydrogen-bond donors (Lipinski definition) is 0. The number of hydrogen-bond acceptors (Lipinski definition) is 2. The topological polar surface area (TPSA) is 34.1 Å². The van der Waals surface area contributed by atoms with E-state index < -0.39 is 5.92 Å². The molecule has 13 heavy (non-hydrogen) atoms. The molecule has 0 fully saturated rings. The standard InChI is InChI=1S/C11H10O2/c1-7(12)10-6-8-4-2-3-5-9(8)11(10)13/h2-5,10H,6H2,1H3/t10-/m1/s1. The van der Waals surface area contributed by atoms with E-state index >= 15 is 0 Å². The van der Waals surface area contributed by atoms with Gasteiger partial charge in [-0.2, -0.15) is 0 Å². The normalized spacial score (nSPS) is 20.1. The molecule has 0 radical (unpaired) electrons. The fraction of sp³-hybridized carbons (Fsp3) is 0.273. The van der Waals surface area contributed by atoms with Gasteiger partial charge in [-0.1, -0.05) is 24.3 Å². The highest BCUT2D eigenvalue weighted by Crippen LogP contribution is 2.26. The third-order valence-electron chi connectivity index (χ3n) is 2.51. The first-order chi connectivity index (χ1) is 6.20. The van der Waals surface area contributed by atoms with Crippen LogP contribution in [0.4, 0.5) is 0 Å². The minimum atomic E-state index is -0.419. The molecular weight excluding hydrogens is 164 g/mol. The number of ketones is 2. The van der Waals surface area contributed by atoms with Crippen molar-refractivity contribution in [3.05, 3.63) is 35.4 Å². The summed E-state index contributed by atoms with van der Waals surface area (Å²) in [4.78, 5) is 22.7. The number of benzene rings is 1. The Kier molecular flexibility index (Phi) is 1.76. The highest BCUT2D eigenvalue weighted by molar-refractivity contribution is 6.13. The molecule has 0 spiro atoms. The van der Waals surface area contributed by atoms with Crippen molar-refractivity contribution in [3.8, 4) is 0 Å². The van der Waals surface area contributed by atoms with Crippen LogP contribution in [0.1, 0.15) is 22.8 Å². The third-order valence-corrected chi connectivity index (χ3v) is 2.51. The summed E-state index contributed by atoms with van der Waals surface area (Å²) in [5.74, 6) is -0.457. The molecule has 1 aliphatic carbocycles. The molecule has 0 N–H and O–H groups in total. The summed E-state index contributed by atoms with van der Waals surface area (Å²) in [6.07, 6.45) is 0.588. The second kappa shape index (κ2) is 2.80. The van der Waals surface area contributed by atoms with Crippen LogP contribution in [0.5, 0.6) is 0 Å². The van der Waals surface area contributed by atoms with Crippen LogP contribution in [0.3, 0.4) is 0 Å². The minimum absolute atomic E-state index is 0.0110. The van der Waals surface area contributed by atoms with E-state index in [4.69, 9.17) is 0 Å². The van der Waals surface area contributed by atoms with Crippen molar-refractivity contribution in [2.24, 2.45) is 5.92 Å². The van der Waals surface area contributed by atoms with E-state index in [1.807, 2.05) is 18.2 Å². The number of fused-ring (bicyclic) bond motifs is 1. The molecule has 0 unspecified atom stereocenters. The number of rotatable bonds is 1. The Bertz CT molecular complexity index is 379. The van der Waals surface area contributed by atoms with E-state index in [0.29, 0.717) is 6.42 Å². The Labute approximate surface area is 76.6 Å². The Morgan fingerprint density at radius 1 is 1.38 bits per heavy atom. The second-order valence-electron chi connectivity index (χ2n) is 3.39. The van der Waals surface area contributed by atoms with Gasteiger partial charge in [0.2, 0.25) is 0 Å². The van der Waals surface area contributed by atoms with E-state index in [0.717, 1.165) is 11.1 Å². The zero-order valence-corrected chi connectivity index (χ0v) is 7.41. The molecule has 2 rings (SSSR count). The highest BCUT2D eigenvalue weighted by Gasteiger charge is 2.32. The summed E-state index contributed by atoms with van der Waals surface area (Å²) < 4.78 is 0. The van der Waals surface area contributed by atoms with Gasteiger partial charge >= 0.3 is 0 Å². The monoisotopic (exact) mass is 174 g/mol.